The van der Waals surface area contributed by atoms with Gasteiger partial charge in [-0.1, -0.05) is 0 Å². The number of alkyl halides is 3. The van der Waals surface area contributed by atoms with Crippen molar-refractivity contribution in [3.63, 3.8) is 0 Å². The predicted octanol–water partition coefficient (Wildman–Crippen LogP) is 2.73. The second kappa shape index (κ2) is 4.57. The number of benzene rings is 1. The molecule has 0 aliphatic rings. The Balaban J connectivity index is 3.64. The van der Waals surface area contributed by atoms with Gasteiger partial charge in [0.2, 0.25) is 0 Å². The fraction of sp³-hybridized carbons (Fsp3) is 0.273. The summed E-state index contributed by atoms with van der Waals surface area (Å²) in [5.41, 5.74) is -1.92. The first-order valence-corrected chi connectivity index (χ1v) is 4.56. The molecule has 1 rings (SSSR count). The number of methoxy groups -OCH3 is 1. The maximum absolute atomic E-state index is 12.7. The van der Waals surface area contributed by atoms with Gasteiger partial charge in [0.1, 0.15) is 12.0 Å². The summed E-state index contributed by atoms with van der Waals surface area (Å²) in [6.07, 6.45) is -4.45. The molecule has 0 amide bonds. The zero-order chi connectivity index (χ0) is 13.2. The smallest absolute Gasteiger partial charge is 0.417 e. The highest BCUT2D eigenvalue weighted by Gasteiger charge is 2.36. The Labute approximate surface area is 95.2 Å². The Kier molecular flexibility index (Phi) is 3.55. The van der Waals surface area contributed by atoms with Crippen LogP contribution in [0.25, 0.3) is 0 Å². The lowest BCUT2D eigenvalue weighted by atomic mass is 9.99. The molecule has 17 heavy (non-hydrogen) atoms. The van der Waals surface area contributed by atoms with Crippen molar-refractivity contribution >= 4 is 12.1 Å². The molecule has 0 bridgehead atoms. The van der Waals surface area contributed by atoms with Crippen molar-refractivity contribution in [3.8, 4) is 5.75 Å². The molecule has 0 fully saturated rings. The fourth-order valence-corrected chi connectivity index (χ4v) is 1.45. The molecule has 0 unspecified atom stereocenters. The number of Topliss-reactive ketones (excluding diaryl/α,β-unsaturated/α-hetero) is 1. The predicted molar refractivity (Wildman–Crippen MR) is 53.4 cm³/mol. The van der Waals surface area contributed by atoms with Gasteiger partial charge in [-0.05, 0) is 19.1 Å². The van der Waals surface area contributed by atoms with Crippen molar-refractivity contribution in [2.75, 3.05) is 7.11 Å². The Morgan fingerprint density at radius 3 is 2.29 bits per heavy atom. The van der Waals surface area contributed by atoms with Crippen LogP contribution in [0.4, 0.5) is 13.2 Å². The molecule has 0 heterocycles. The van der Waals surface area contributed by atoms with Gasteiger partial charge in [-0.3, -0.25) is 9.59 Å². The van der Waals surface area contributed by atoms with Crippen molar-refractivity contribution in [1.29, 1.82) is 0 Å². The summed E-state index contributed by atoms with van der Waals surface area (Å²) < 4.78 is 42.9. The van der Waals surface area contributed by atoms with Crippen LogP contribution in [-0.2, 0) is 6.18 Å². The largest absolute Gasteiger partial charge is 0.496 e. The van der Waals surface area contributed by atoms with E-state index in [2.05, 4.69) is 0 Å². The molecule has 0 spiro atoms. The lowest BCUT2D eigenvalue weighted by Gasteiger charge is -2.15. The third kappa shape index (κ3) is 2.64. The van der Waals surface area contributed by atoms with Gasteiger partial charge in [0, 0.05) is 5.56 Å². The minimum Gasteiger partial charge on any atom is -0.496 e. The van der Waals surface area contributed by atoms with E-state index in [1.165, 1.54) is 0 Å². The average Bonchev–Trinajstić information content (AvgIpc) is 2.25. The molecule has 0 radical (unpaired) electrons. The van der Waals surface area contributed by atoms with E-state index < -0.39 is 23.1 Å². The van der Waals surface area contributed by atoms with E-state index in [1.54, 1.807) is 0 Å². The van der Waals surface area contributed by atoms with E-state index in [0.29, 0.717) is 6.07 Å². The molecule has 92 valence electrons. The third-order valence-corrected chi connectivity index (χ3v) is 2.14. The summed E-state index contributed by atoms with van der Waals surface area (Å²) in [6.45, 7) is 1.01. The number of rotatable bonds is 3. The van der Waals surface area contributed by atoms with Crippen LogP contribution in [0.2, 0.25) is 0 Å². The van der Waals surface area contributed by atoms with Crippen molar-refractivity contribution in [2.45, 2.75) is 13.1 Å². The number of carbonyl (C=O) groups is 2. The maximum atomic E-state index is 12.7. The summed E-state index contributed by atoms with van der Waals surface area (Å²) in [6, 6.07) is 1.73. The van der Waals surface area contributed by atoms with E-state index in [9.17, 15) is 22.8 Å². The van der Waals surface area contributed by atoms with Crippen molar-refractivity contribution in [3.05, 3.63) is 28.8 Å². The molecule has 0 aliphatic carbocycles. The van der Waals surface area contributed by atoms with Gasteiger partial charge < -0.3 is 4.74 Å². The van der Waals surface area contributed by atoms with Crippen molar-refractivity contribution in [1.82, 2.24) is 0 Å². The SMILES string of the molecule is COc1cc(C=O)cc(C(F)(F)F)c1C(C)=O. The topological polar surface area (TPSA) is 43.4 Å². The number of halogens is 3. The summed E-state index contributed by atoms with van der Waals surface area (Å²) in [7, 11) is 1.14. The molecule has 0 saturated heterocycles. The van der Waals surface area contributed by atoms with Crippen LogP contribution < -0.4 is 4.74 Å². The van der Waals surface area contributed by atoms with Crippen LogP contribution in [0, 0.1) is 0 Å². The number of aldehydes is 1. The summed E-state index contributed by atoms with van der Waals surface area (Å²) in [5, 5.41) is 0. The van der Waals surface area contributed by atoms with E-state index in [4.69, 9.17) is 4.74 Å². The molecular formula is C11H9F3O3. The Morgan fingerprint density at radius 2 is 1.94 bits per heavy atom. The number of ether oxygens (including phenoxy) is 1. The number of hydrogen-bond donors (Lipinski definition) is 0. The van der Waals surface area contributed by atoms with Crippen LogP contribution >= 0.6 is 0 Å². The average molecular weight is 246 g/mol. The molecule has 0 saturated carbocycles. The molecule has 3 nitrogen and oxygen atoms in total. The van der Waals surface area contributed by atoms with E-state index in [1.807, 2.05) is 0 Å². The molecule has 1 aromatic rings. The van der Waals surface area contributed by atoms with E-state index in [-0.39, 0.29) is 17.6 Å². The quantitative estimate of drug-likeness (QED) is 0.608. The monoisotopic (exact) mass is 246 g/mol. The maximum Gasteiger partial charge on any atom is 0.417 e. The van der Waals surface area contributed by atoms with Gasteiger partial charge in [-0.15, -0.1) is 0 Å². The summed E-state index contributed by atoms with van der Waals surface area (Å²) in [4.78, 5) is 21.8. The van der Waals surface area contributed by atoms with Crippen LogP contribution in [0.5, 0.6) is 5.75 Å². The minimum absolute atomic E-state index is 0.195. The molecule has 1 aromatic carbocycles. The molecule has 6 heteroatoms. The first kappa shape index (κ1) is 13.2. The van der Waals surface area contributed by atoms with Gasteiger partial charge in [-0.25, -0.2) is 0 Å². The molecule has 0 atom stereocenters. The standard InChI is InChI=1S/C11H9F3O3/c1-6(16)10-8(11(12,13)14)3-7(5-15)4-9(10)17-2/h3-5H,1-2H3. The normalized spacial score (nSPS) is 11.1. The number of hydrogen-bond acceptors (Lipinski definition) is 3. The zero-order valence-corrected chi connectivity index (χ0v) is 9.09. The molecule has 0 aromatic heterocycles. The number of carbonyl (C=O) groups excluding carboxylic acids is 2. The summed E-state index contributed by atoms with van der Waals surface area (Å²) >= 11 is 0. The van der Waals surface area contributed by atoms with Crippen LogP contribution in [0.1, 0.15) is 33.2 Å². The van der Waals surface area contributed by atoms with Gasteiger partial charge in [0.25, 0.3) is 0 Å². The van der Waals surface area contributed by atoms with Gasteiger partial charge in [0.05, 0.1) is 18.2 Å². The van der Waals surface area contributed by atoms with E-state index >= 15 is 0 Å². The molecule has 0 N–H and O–H groups in total. The fourth-order valence-electron chi connectivity index (χ4n) is 1.45. The second-order valence-electron chi connectivity index (χ2n) is 3.32. The van der Waals surface area contributed by atoms with Gasteiger partial charge in [-0.2, -0.15) is 13.2 Å². The second-order valence-corrected chi connectivity index (χ2v) is 3.32. The van der Waals surface area contributed by atoms with E-state index in [0.717, 1.165) is 20.1 Å². The van der Waals surface area contributed by atoms with Gasteiger partial charge in [0.15, 0.2) is 5.78 Å². The third-order valence-electron chi connectivity index (χ3n) is 2.14. The molecule has 0 aliphatic heterocycles. The molecular weight excluding hydrogens is 237 g/mol. The lowest BCUT2D eigenvalue weighted by Crippen LogP contribution is -2.14. The summed E-state index contributed by atoms with van der Waals surface area (Å²) in [5.74, 6) is -1.03. The Hall–Kier alpha value is -1.85. The zero-order valence-electron chi connectivity index (χ0n) is 9.09. The van der Waals surface area contributed by atoms with Crippen molar-refractivity contribution in [2.24, 2.45) is 0 Å². The minimum atomic E-state index is -4.71. The van der Waals surface area contributed by atoms with Crippen LogP contribution in [0.3, 0.4) is 0 Å². The Bertz CT molecular complexity index is 464. The highest BCUT2D eigenvalue weighted by atomic mass is 19.4. The first-order chi connectivity index (χ1) is 7.81. The van der Waals surface area contributed by atoms with Crippen molar-refractivity contribution < 1.29 is 27.5 Å². The lowest BCUT2D eigenvalue weighted by molar-refractivity contribution is -0.138. The Morgan fingerprint density at radius 1 is 1.35 bits per heavy atom. The van der Waals surface area contributed by atoms with Crippen LogP contribution in [0.15, 0.2) is 12.1 Å². The highest BCUT2D eigenvalue weighted by molar-refractivity contribution is 5.99. The highest BCUT2D eigenvalue weighted by Crippen LogP contribution is 2.37. The first-order valence-electron chi connectivity index (χ1n) is 4.56. The van der Waals surface area contributed by atoms with Crippen LogP contribution in [-0.4, -0.2) is 19.2 Å². The van der Waals surface area contributed by atoms with Gasteiger partial charge >= 0.3 is 6.18 Å². The number of ketones is 1.